The molecule has 0 aliphatic heterocycles. The number of H-pyrrole nitrogens is 1. The summed E-state index contributed by atoms with van der Waals surface area (Å²) in [5.74, 6) is 0.629. The summed E-state index contributed by atoms with van der Waals surface area (Å²) in [5, 5.41) is 7.02. The third kappa shape index (κ3) is 2.35. The predicted octanol–water partition coefficient (Wildman–Crippen LogP) is 2.82. The van der Waals surface area contributed by atoms with Gasteiger partial charge in [0.1, 0.15) is 0 Å². The lowest BCUT2D eigenvalue weighted by Gasteiger charge is -2.13. The van der Waals surface area contributed by atoms with Crippen LogP contribution < -0.4 is 5.56 Å². The topological polar surface area (TPSA) is 55.6 Å². The highest BCUT2D eigenvalue weighted by Gasteiger charge is 2.17. The summed E-state index contributed by atoms with van der Waals surface area (Å²) < 4.78 is 4.20. The van der Waals surface area contributed by atoms with Crippen LogP contribution >= 0.6 is 12.2 Å². The number of nitrogens with zero attached hydrogens (tertiary/aromatic N) is 3. The number of nitrogens with one attached hydrogen (secondary N) is 1. The van der Waals surface area contributed by atoms with E-state index in [1.54, 1.807) is 4.57 Å². The molecule has 0 amide bonds. The number of aryl methyl sites for hydroxylation is 2. The second kappa shape index (κ2) is 5.75. The summed E-state index contributed by atoms with van der Waals surface area (Å²) in [6.07, 6.45) is 0.921. The molecule has 0 atom stereocenters. The minimum absolute atomic E-state index is 0.00745. The minimum atomic E-state index is 0.00745. The molecule has 0 unspecified atom stereocenters. The average Bonchev–Trinajstić information content (AvgIpc) is 2.75. The van der Waals surface area contributed by atoms with E-state index in [9.17, 15) is 4.79 Å². The molecule has 108 valence electrons. The van der Waals surface area contributed by atoms with E-state index in [2.05, 4.69) is 17.1 Å². The Morgan fingerprint density at radius 1 is 1.30 bits per heavy atom. The number of hydrogen-bond donors (Lipinski definition) is 1. The van der Waals surface area contributed by atoms with Gasteiger partial charge in [-0.1, -0.05) is 6.92 Å². The standard InChI is InChI=1S/C14H20N4OS/c1-5-7-18-10(4)8-9(3)11(13(18)19)12-15-16-14(20)17(12)6-2/h8H,5-7H2,1-4H3,(H,16,20). The van der Waals surface area contributed by atoms with E-state index in [0.29, 0.717) is 22.7 Å². The maximum absolute atomic E-state index is 12.7. The Bertz CT molecular complexity index is 739. The van der Waals surface area contributed by atoms with Crippen LogP contribution in [-0.2, 0) is 13.1 Å². The quantitative estimate of drug-likeness (QED) is 0.882. The molecule has 0 bridgehead atoms. The van der Waals surface area contributed by atoms with Crippen molar-refractivity contribution in [3.8, 4) is 11.4 Å². The highest BCUT2D eigenvalue weighted by atomic mass is 32.1. The summed E-state index contributed by atoms with van der Waals surface area (Å²) in [6.45, 7) is 9.36. The first-order valence-electron chi connectivity index (χ1n) is 6.87. The van der Waals surface area contributed by atoms with E-state index < -0.39 is 0 Å². The molecule has 0 saturated heterocycles. The first-order valence-corrected chi connectivity index (χ1v) is 7.28. The van der Waals surface area contributed by atoms with Crippen LogP contribution in [0, 0.1) is 18.6 Å². The van der Waals surface area contributed by atoms with Gasteiger partial charge in [0.2, 0.25) is 0 Å². The molecule has 5 nitrogen and oxygen atoms in total. The molecular weight excluding hydrogens is 272 g/mol. The fourth-order valence-electron chi connectivity index (χ4n) is 2.50. The normalized spacial score (nSPS) is 11.0. The lowest BCUT2D eigenvalue weighted by Crippen LogP contribution is -2.25. The van der Waals surface area contributed by atoms with Crippen LogP contribution in [0.25, 0.3) is 11.4 Å². The molecule has 2 heterocycles. The monoisotopic (exact) mass is 292 g/mol. The van der Waals surface area contributed by atoms with Crippen LogP contribution in [-0.4, -0.2) is 19.3 Å². The van der Waals surface area contributed by atoms with Crippen LogP contribution in [0.1, 0.15) is 31.5 Å². The van der Waals surface area contributed by atoms with E-state index in [0.717, 1.165) is 24.2 Å². The van der Waals surface area contributed by atoms with Gasteiger partial charge in [-0.15, -0.1) is 0 Å². The Morgan fingerprint density at radius 3 is 2.60 bits per heavy atom. The van der Waals surface area contributed by atoms with E-state index in [1.165, 1.54) is 0 Å². The van der Waals surface area contributed by atoms with E-state index in [4.69, 9.17) is 12.2 Å². The first-order chi connectivity index (χ1) is 9.51. The summed E-state index contributed by atoms with van der Waals surface area (Å²) >= 11 is 5.20. The number of aromatic nitrogens is 4. The number of pyridine rings is 1. The van der Waals surface area contributed by atoms with Crippen molar-refractivity contribution < 1.29 is 0 Å². The molecule has 0 radical (unpaired) electrons. The molecule has 0 saturated carbocycles. The summed E-state index contributed by atoms with van der Waals surface area (Å²) in [4.78, 5) is 12.7. The number of hydrogen-bond acceptors (Lipinski definition) is 3. The maximum atomic E-state index is 12.7. The number of rotatable bonds is 4. The second-order valence-corrected chi connectivity index (χ2v) is 5.28. The molecule has 20 heavy (non-hydrogen) atoms. The van der Waals surface area contributed by atoms with Crippen molar-refractivity contribution in [2.75, 3.05) is 0 Å². The lowest BCUT2D eigenvalue weighted by atomic mass is 10.1. The van der Waals surface area contributed by atoms with Gasteiger partial charge >= 0.3 is 0 Å². The highest BCUT2D eigenvalue weighted by Crippen LogP contribution is 2.19. The van der Waals surface area contributed by atoms with Gasteiger partial charge in [0.25, 0.3) is 5.56 Å². The lowest BCUT2D eigenvalue weighted by molar-refractivity contribution is 0.633. The van der Waals surface area contributed by atoms with E-state index >= 15 is 0 Å². The van der Waals surface area contributed by atoms with Gasteiger partial charge < -0.3 is 9.13 Å². The zero-order valence-electron chi connectivity index (χ0n) is 12.4. The van der Waals surface area contributed by atoms with Gasteiger partial charge in [-0.2, -0.15) is 5.10 Å². The second-order valence-electron chi connectivity index (χ2n) is 4.90. The van der Waals surface area contributed by atoms with Crippen molar-refractivity contribution in [3.05, 3.63) is 32.4 Å². The summed E-state index contributed by atoms with van der Waals surface area (Å²) in [7, 11) is 0. The fraction of sp³-hybridized carbons (Fsp3) is 0.500. The van der Waals surface area contributed by atoms with Crippen molar-refractivity contribution in [2.45, 2.75) is 47.2 Å². The van der Waals surface area contributed by atoms with Crippen molar-refractivity contribution >= 4 is 12.2 Å². The molecular formula is C14H20N4OS. The van der Waals surface area contributed by atoms with Crippen LogP contribution in [0.4, 0.5) is 0 Å². The fourth-order valence-corrected chi connectivity index (χ4v) is 2.76. The zero-order valence-corrected chi connectivity index (χ0v) is 13.2. The number of aromatic amines is 1. The van der Waals surface area contributed by atoms with Crippen molar-refractivity contribution in [3.63, 3.8) is 0 Å². The third-order valence-electron chi connectivity index (χ3n) is 3.45. The van der Waals surface area contributed by atoms with Gasteiger partial charge in [-0.05, 0) is 51.0 Å². The van der Waals surface area contributed by atoms with Gasteiger partial charge in [0.15, 0.2) is 10.6 Å². The van der Waals surface area contributed by atoms with E-state index in [1.807, 2.05) is 31.4 Å². The van der Waals surface area contributed by atoms with E-state index in [-0.39, 0.29) is 5.56 Å². The largest absolute Gasteiger partial charge is 0.312 e. The van der Waals surface area contributed by atoms with Crippen molar-refractivity contribution in [2.24, 2.45) is 0 Å². The molecule has 0 aromatic carbocycles. The van der Waals surface area contributed by atoms with Crippen LogP contribution in [0.3, 0.4) is 0 Å². The summed E-state index contributed by atoms with van der Waals surface area (Å²) in [5.41, 5.74) is 2.56. The van der Waals surface area contributed by atoms with Crippen molar-refractivity contribution in [1.82, 2.24) is 19.3 Å². The Labute approximate surface area is 123 Å². The summed E-state index contributed by atoms with van der Waals surface area (Å²) in [6, 6.07) is 2.03. The Balaban J connectivity index is 2.77. The first kappa shape index (κ1) is 14.7. The molecule has 0 fully saturated rings. The van der Waals surface area contributed by atoms with Crippen LogP contribution in [0.15, 0.2) is 10.9 Å². The SMILES string of the molecule is CCCn1c(C)cc(C)c(-c2n[nH]c(=S)n2CC)c1=O. The highest BCUT2D eigenvalue weighted by molar-refractivity contribution is 7.71. The molecule has 0 spiro atoms. The van der Waals surface area contributed by atoms with Crippen LogP contribution in [0.2, 0.25) is 0 Å². The zero-order chi connectivity index (χ0) is 14.9. The Kier molecular flexibility index (Phi) is 4.23. The predicted molar refractivity (Wildman–Crippen MR) is 82.5 cm³/mol. The molecule has 2 aromatic rings. The van der Waals surface area contributed by atoms with Gasteiger partial charge in [0.05, 0.1) is 5.56 Å². The Morgan fingerprint density at radius 2 is 2.00 bits per heavy atom. The molecule has 6 heteroatoms. The average molecular weight is 292 g/mol. The Hall–Kier alpha value is -1.69. The maximum Gasteiger partial charge on any atom is 0.262 e. The van der Waals surface area contributed by atoms with Gasteiger partial charge in [0, 0.05) is 18.8 Å². The third-order valence-corrected chi connectivity index (χ3v) is 3.76. The molecule has 0 aliphatic carbocycles. The molecule has 2 rings (SSSR count). The molecule has 2 aromatic heterocycles. The molecule has 1 N–H and O–H groups in total. The van der Waals surface area contributed by atoms with Gasteiger partial charge in [-0.3, -0.25) is 9.89 Å². The molecule has 0 aliphatic rings. The van der Waals surface area contributed by atoms with Gasteiger partial charge in [-0.25, -0.2) is 0 Å². The van der Waals surface area contributed by atoms with Crippen molar-refractivity contribution in [1.29, 1.82) is 0 Å². The minimum Gasteiger partial charge on any atom is -0.312 e. The van der Waals surface area contributed by atoms with Crippen LogP contribution in [0.5, 0.6) is 0 Å². The smallest absolute Gasteiger partial charge is 0.262 e.